The fourth-order valence-electron chi connectivity index (χ4n) is 3.38. The van der Waals surface area contributed by atoms with Gasteiger partial charge >= 0.3 is 5.97 Å². The highest BCUT2D eigenvalue weighted by molar-refractivity contribution is 6.42. The van der Waals surface area contributed by atoms with E-state index in [0.29, 0.717) is 49.0 Å². The average molecular weight is 443 g/mol. The van der Waals surface area contributed by atoms with Crippen LogP contribution in [0.25, 0.3) is 0 Å². The lowest BCUT2D eigenvalue weighted by atomic mass is 9.98. The SMILES string of the molecule is CCOC(=O)C1CCCN(C(=O)CN(C)C(=O)CCCc2ccc(Cl)c(Cl)c2)C1. The number of piperidine rings is 1. The number of likely N-dealkylation sites (tertiary alicyclic amines) is 1. The highest BCUT2D eigenvalue weighted by Crippen LogP contribution is 2.23. The van der Waals surface area contributed by atoms with E-state index in [0.717, 1.165) is 18.4 Å². The molecular formula is C21H28Cl2N2O4. The fourth-order valence-corrected chi connectivity index (χ4v) is 3.70. The van der Waals surface area contributed by atoms with Gasteiger partial charge in [-0.15, -0.1) is 0 Å². The Hall–Kier alpha value is -1.79. The van der Waals surface area contributed by atoms with Crippen molar-refractivity contribution in [2.24, 2.45) is 5.92 Å². The van der Waals surface area contributed by atoms with E-state index in [9.17, 15) is 14.4 Å². The molecule has 0 saturated carbocycles. The molecule has 0 bridgehead atoms. The van der Waals surface area contributed by atoms with E-state index in [1.54, 1.807) is 31.0 Å². The minimum Gasteiger partial charge on any atom is -0.466 e. The monoisotopic (exact) mass is 442 g/mol. The Balaban J connectivity index is 1.76. The van der Waals surface area contributed by atoms with E-state index in [1.807, 2.05) is 6.07 Å². The molecule has 0 N–H and O–H groups in total. The van der Waals surface area contributed by atoms with E-state index >= 15 is 0 Å². The highest BCUT2D eigenvalue weighted by Gasteiger charge is 2.30. The minimum absolute atomic E-state index is 0.0150. The van der Waals surface area contributed by atoms with E-state index in [-0.39, 0.29) is 30.2 Å². The first-order valence-corrected chi connectivity index (χ1v) is 10.7. The van der Waals surface area contributed by atoms with Crippen LogP contribution < -0.4 is 0 Å². The van der Waals surface area contributed by atoms with Gasteiger partial charge in [0.2, 0.25) is 11.8 Å². The predicted molar refractivity (Wildman–Crippen MR) is 113 cm³/mol. The molecule has 1 atom stereocenters. The van der Waals surface area contributed by atoms with Crippen LogP contribution in [0, 0.1) is 5.92 Å². The number of hydrogen-bond donors (Lipinski definition) is 0. The first-order chi connectivity index (χ1) is 13.8. The Morgan fingerprint density at radius 2 is 2.00 bits per heavy atom. The number of ether oxygens (including phenoxy) is 1. The topological polar surface area (TPSA) is 66.9 Å². The molecule has 1 aliphatic heterocycles. The maximum Gasteiger partial charge on any atom is 0.310 e. The number of hydrogen-bond acceptors (Lipinski definition) is 4. The van der Waals surface area contributed by atoms with Crippen LogP contribution in [0.2, 0.25) is 10.0 Å². The van der Waals surface area contributed by atoms with E-state index in [4.69, 9.17) is 27.9 Å². The van der Waals surface area contributed by atoms with Gasteiger partial charge in [0.05, 0.1) is 29.1 Å². The maximum atomic E-state index is 12.6. The zero-order valence-electron chi connectivity index (χ0n) is 17.0. The number of halogens is 2. The summed E-state index contributed by atoms with van der Waals surface area (Å²) in [6.07, 6.45) is 3.19. The molecule has 2 amide bonds. The number of rotatable bonds is 8. The quantitative estimate of drug-likeness (QED) is 0.577. The number of aryl methyl sites for hydroxylation is 1. The number of likely N-dealkylation sites (N-methyl/N-ethyl adjacent to an activating group) is 1. The third kappa shape index (κ3) is 7.19. The van der Waals surface area contributed by atoms with Crippen molar-refractivity contribution in [2.45, 2.75) is 39.0 Å². The Morgan fingerprint density at radius 1 is 1.24 bits per heavy atom. The number of benzene rings is 1. The molecule has 2 rings (SSSR count). The number of esters is 1. The van der Waals surface area contributed by atoms with Gasteiger partial charge in [-0.25, -0.2) is 0 Å². The Bertz CT molecular complexity index is 741. The molecule has 1 heterocycles. The molecule has 1 aromatic rings. The van der Waals surface area contributed by atoms with E-state index in [2.05, 4.69) is 0 Å². The van der Waals surface area contributed by atoms with Crippen molar-refractivity contribution in [3.8, 4) is 0 Å². The molecule has 1 aliphatic rings. The van der Waals surface area contributed by atoms with Crippen molar-refractivity contribution >= 4 is 41.0 Å². The van der Waals surface area contributed by atoms with Crippen molar-refractivity contribution in [3.05, 3.63) is 33.8 Å². The normalized spacial score (nSPS) is 16.4. The molecule has 0 spiro atoms. The van der Waals surface area contributed by atoms with Crippen molar-refractivity contribution in [1.29, 1.82) is 0 Å². The standard InChI is InChI=1S/C21H28Cl2N2O4/c1-3-29-21(28)16-7-5-11-25(13-16)20(27)14-24(2)19(26)8-4-6-15-9-10-17(22)18(23)12-15/h9-10,12,16H,3-8,11,13-14H2,1-2H3. The molecule has 0 aliphatic carbocycles. The number of nitrogens with zero attached hydrogens (tertiary/aromatic N) is 2. The van der Waals surface area contributed by atoms with Gasteiger partial charge in [-0.1, -0.05) is 29.3 Å². The van der Waals surface area contributed by atoms with Gasteiger partial charge in [0, 0.05) is 26.6 Å². The second-order valence-electron chi connectivity index (χ2n) is 7.28. The summed E-state index contributed by atoms with van der Waals surface area (Å²) in [7, 11) is 1.63. The Labute approximate surface area is 182 Å². The third-order valence-electron chi connectivity index (χ3n) is 5.03. The molecule has 0 radical (unpaired) electrons. The van der Waals surface area contributed by atoms with Gasteiger partial charge < -0.3 is 14.5 Å². The minimum atomic E-state index is -0.278. The van der Waals surface area contributed by atoms with Gasteiger partial charge in [0.25, 0.3) is 0 Å². The summed E-state index contributed by atoms with van der Waals surface area (Å²) in [5.41, 5.74) is 1.02. The molecule has 1 saturated heterocycles. The summed E-state index contributed by atoms with van der Waals surface area (Å²) >= 11 is 11.9. The molecule has 6 nitrogen and oxygen atoms in total. The summed E-state index contributed by atoms with van der Waals surface area (Å²) in [5.74, 6) is -0.756. The van der Waals surface area contributed by atoms with Crippen molar-refractivity contribution in [2.75, 3.05) is 33.3 Å². The first kappa shape index (κ1) is 23.5. The van der Waals surface area contributed by atoms with Gasteiger partial charge in [-0.05, 0) is 50.3 Å². The van der Waals surface area contributed by atoms with Crippen molar-refractivity contribution < 1.29 is 19.1 Å². The second kappa shape index (κ2) is 11.4. The largest absolute Gasteiger partial charge is 0.466 e. The summed E-state index contributed by atoms with van der Waals surface area (Å²) in [5, 5.41) is 1.01. The molecule has 1 fully saturated rings. The van der Waals surface area contributed by atoms with Crippen LogP contribution in [0.5, 0.6) is 0 Å². The fraction of sp³-hybridized carbons (Fsp3) is 0.571. The lowest BCUT2D eigenvalue weighted by Gasteiger charge is -2.32. The molecule has 29 heavy (non-hydrogen) atoms. The smallest absolute Gasteiger partial charge is 0.310 e. The summed E-state index contributed by atoms with van der Waals surface area (Å²) < 4.78 is 5.07. The van der Waals surface area contributed by atoms with Crippen LogP contribution in [0.1, 0.15) is 38.2 Å². The highest BCUT2D eigenvalue weighted by atomic mass is 35.5. The van der Waals surface area contributed by atoms with Crippen LogP contribution in [0.3, 0.4) is 0 Å². The van der Waals surface area contributed by atoms with Crippen LogP contribution in [-0.2, 0) is 25.5 Å². The third-order valence-corrected chi connectivity index (χ3v) is 5.77. The number of carbonyl (C=O) groups is 3. The Kier molecular flexibility index (Phi) is 9.24. The van der Waals surface area contributed by atoms with Gasteiger partial charge in [-0.3, -0.25) is 14.4 Å². The molecule has 8 heteroatoms. The summed E-state index contributed by atoms with van der Waals surface area (Å²) in [4.78, 5) is 40.0. The summed E-state index contributed by atoms with van der Waals surface area (Å²) in [6, 6.07) is 5.44. The zero-order valence-corrected chi connectivity index (χ0v) is 18.5. The van der Waals surface area contributed by atoms with Crippen molar-refractivity contribution in [1.82, 2.24) is 9.80 Å². The lowest BCUT2D eigenvalue weighted by Crippen LogP contribution is -2.47. The van der Waals surface area contributed by atoms with Crippen LogP contribution in [0.15, 0.2) is 18.2 Å². The van der Waals surface area contributed by atoms with Gasteiger partial charge in [0.1, 0.15) is 0 Å². The summed E-state index contributed by atoms with van der Waals surface area (Å²) in [6.45, 7) is 3.08. The molecular weight excluding hydrogens is 415 g/mol. The van der Waals surface area contributed by atoms with Crippen LogP contribution in [-0.4, -0.2) is 60.9 Å². The maximum absolute atomic E-state index is 12.6. The molecule has 0 aromatic heterocycles. The second-order valence-corrected chi connectivity index (χ2v) is 8.10. The van der Waals surface area contributed by atoms with E-state index < -0.39 is 0 Å². The van der Waals surface area contributed by atoms with Gasteiger partial charge in [0.15, 0.2) is 0 Å². The van der Waals surface area contributed by atoms with Crippen LogP contribution in [0.4, 0.5) is 0 Å². The molecule has 1 aromatic carbocycles. The number of amides is 2. The van der Waals surface area contributed by atoms with Crippen molar-refractivity contribution in [3.63, 3.8) is 0 Å². The van der Waals surface area contributed by atoms with Crippen LogP contribution >= 0.6 is 23.2 Å². The lowest BCUT2D eigenvalue weighted by molar-refractivity contribution is -0.152. The first-order valence-electron chi connectivity index (χ1n) is 9.94. The Morgan fingerprint density at radius 3 is 2.69 bits per heavy atom. The van der Waals surface area contributed by atoms with E-state index in [1.165, 1.54) is 4.90 Å². The number of carbonyl (C=O) groups excluding carboxylic acids is 3. The zero-order chi connectivity index (χ0) is 21.4. The predicted octanol–water partition coefficient (Wildman–Crippen LogP) is 3.58. The average Bonchev–Trinajstić information content (AvgIpc) is 2.70. The molecule has 160 valence electrons. The molecule has 1 unspecified atom stereocenters. The van der Waals surface area contributed by atoms with Gasteiger partial charge in [-0.2, -0.15) is 0 Å².